The number of carbonyl (C=O) groups is 1. The first-order valence-electron chi connectivity index (χ1n) is 11.5. The second-order valence-corrected chi connectivity index (χ2v) is 9.17. The molecule has 7 heteroatoms. The highest BCUT2D eigenvalue weighted by atomic mass is 16.5. The fraction of sp³-hybridized carbons (Fsp3) is 0.400. The van der Waals surface area contributed by atoms with Crippen LogP contribution in [-0.4, -0.2) is 45.3 Å². The van der Waals surface area contributed by atoms with Crippen LogP contribution in [0.5, 0.6) is 5.75 Å². The Morgan fingerprint density at radius 2 is 1.84 bits per heavy atom. The van der Waals surface area contributed by atoms with E-state index in [1.165, 1.54) is 5.56 Å². The number of hydrogen-bond donors (Lipinski definition) is 1. The first-order chi connectivity index (χ1) is 15.7. The first kappa shape index (κ1) is 19.3. The summed E-state index contributed by atoms with van der Waals surface area (Å²) < 4.78 is 7.32. The molecule has 3 heterocycles. The van der Waals surface area contributed by atoms with E-state index in [1.54, 1.807) is 4.57 Å². The van der Waals surface area contributed by atoms with Gasteiger partial charge in [-0.05, 0) is 54.0 Å². The van der Waals surface area contributed by atoms with E-state index in [9.17, 15) is 9.59 Å². The number of ether oxygens (including phenoxy) is 1. The van der Waals surface area contributed by atoms with Crippen LogP contribution < -0.4 is 10.4 Å². The Balaban J connectivity index is 1.20. The van der Waals surface area contributed by atoms with Gasteiger partial charge in [-0.3, -0.25) is 9.36 Å². The fourth-order valence-electron chi connectivity index (χ4n) is 4.91. The van der Waals surface area contributed by atoms with Crippen molar-refractivity contribution in [2.24, 2.45) is 11.8 Å². The van der Waals surface area contributed by atoms with Gasteiger partial charge in [0.25, 0.3) is 0 Å². The zero-order valence-corrected chi connectivity index (χ0v) is 17.9. The SMILES string of the molecule is O=C(C1CC1)N1CC[C@@H](Cn2c(-c3ccc(-c4ccc5c(c4)CCO5)cc3)n[nH]c2=O)C1. The second-order valence-electron chi connectivity index (χ2n) is 9.17. The number of hydrogen-bond acceptors (Lipinski definition) is 4. The Morgan fingerprint density at radius 3 is 2.66 bits per heavy atom. The number of H-pyrrole nitrogens is 1. The van der Waals surface area contributed by atoms with Crippen LogP contribution in [0, 0.1) is 11.8 Å². The molecule has 164 valence electrons. The third-order valence-electron chi connectivity index (χ3n) is 6.89. The minimum atomic E-state index is -0.199. The Morgan fingerprint density at radius 1 is 1.06 bits per heavy atom. The molecule has 3 aliphatic rings. The molecule has 1 amide bonds. The van der Waals surface area contributed by atoms with Gasteiger partial charge >= 0.3 is 5.69 Å². The molecular formula is C25H26N4O3. The van der Waals surface area contributed by atoms with Crippen molar-refractivity contribution in [2.75, 3.05) is 19.7 Å². The summed E-state index contributed by atoms with van der Waals surface area (Å²) in [6.07, 6.45) is 3.93. The summed E-state index contributed by atoms with van der Waals surface area (Å²) in [4.78, 5) is 26.8. The number of carbonyl (C=O) groups excluding carboxylic acids is 1. The van der Waals surface area contributed by atoms with E-state index in [-0.39, 0.29) is 17.5 Å². The summed E-state index contributed by atoms with van der Waals surface area (Å²) in [5.74, 6) is 2.45. The van der Waals surface area contributed by atoms with E-state index in [4.69, 9.17) is 4.74 Å². The average Bonchev–Trinajstić information content (AvgIpc) is 3.21. The first-order valence-corrected chi connectivity index (χ1v) is 11.5. The molecule has 2 aliphatic heterocycles. The lowest BCUT2D eigenvalue weighted by Gasteiger charge is -2.16. The molecule has 1 saturated heterocycles. The van der Waals surface area contributed by atoms with Crippen LogP contribution in [0.3, 0.4) is 0 Å². The molecular weight excluding hydrogens is 404 g/mol. The number of benzene rings is 2. The Kier molecular flexibility index (Phi) is 4.63. The van der Waals surface area contributed by atoms with Gasteiger partial charge < -0.3 is 9.64 Å². The van der Waals surface area contributed by atoms with Gasteiger partial charge in [0.05, 0.1) is 6.61 Å². The van der Waals surface area contributed by atoms with Crippen LogP contribution in [0.15, 0.2) is 47.3 Å². The molecule has 2 fully saturated rings. The number of likely N-dealkylation sites (tertiary alicyclic amines) is 1. The van der Waals surface area contributed by atoms with Crippen LogP contribution in [0.2, 0.25) is 0 Å². The van der Waals surface area contributed by atoms with E-state index < -0.39 is 0 Å². The number of aromatic amines is 1. The lowest BCUT2D eigenvalue weighted by molar-refractivity contribution is -0.131. The average molecular weight is 431 g/mol. The van der Waals surface area contributed by atoms with Crippen molar-refractivity contribution in [1.82, 2.24) is 19.7 Å². The predicted octanol–water partition coefficient (Wildman–Crippen LogP) is 3.10. The Bertz CT molecular complexity index is 1220. The smallest absolute Gasteiger partial charge is 0.343 e. The third kappa shape index (κ3) is 3.51. The summed E-state index contributed by atoms with van der Waals surface area (Å²) in [7, 11) is 0. The summed E-state index contributed by atoms with van der Waals surface area (Å²) in [6.45, 7) is 2.85. The molecule has 0 radical (unpaired) electrons. The predicted molar refractivity (Wildman–Crippen MR) is 120 cm³/mol. The molecule has 3 aromatic rings. The van der Waals surface area contributed by atoms with Gasteiger partial charge in [-0.25, -0.2) is 9.89 Å². The summed E-state index contributed by atoms with van der Waals surface area (Å²) >= 11 is 0. The van der Waals surface area contributed by atoms with Crippen LogP contribution >= 0.6 is 0 Å². The number of amides is 1. The van der Waals surface area contributed by atoms with Crippen LogP contribution in [0.4, 0.5) is 0 Å². The number of rotatable bonds is 5. The van der Waals surface area contributed by atoms with E-state index in [0.717, 1.165) is 67.8 Å². The van der Waals surface area contributed by atoms with Crippen molar-refractivity contribution >= 4 is 5.91 Å². The Hall–Kier alpha value is -3.35. The summed E-state index contributed by atoms with van der Waals surface area (Å²) in [5, 5.41) is 6.91. The summed E-state index contributed by atoms with van der Waals surface area (Å²) in [5.41, 5.74) is 4.23. The fourth-order valence-corrected chi connectivity index (χ4v) is 4.91. The van der Waals surface area contributed by atoms with Gasteiger partial charge in [0.2, 0.25) is 5.91 Å². The molecule has 0 unspecified atom stereocenters. The molecule has 1 aromatic heterocycles. The molecule has 1 saturated carbocycles. The molecule has 32 heavy (non-hydrogen) atoms. The zero-order valence-electron chi connectivity index (χ0n) is 17.9. The molecule has 2 aromatic carbocycles. The third-order valence-corrected chi connectivity index (χ3v) is 6.89. The van der Waals surface area contributed by atoms with Gasteiger partial charge in [-0.2, -0.15) is 5.10 Å². The lowest BCUT2D eigenvalue weighted by atomic mass is 10.0. The van der Waals surface area contributed by atoms with Gasteiger partial charge in [-0.15, -0.1) is 0 Å². The van der Waals surface area contributed by atoms with Crippen molar-refractivity contribution in [3.63, 3.8) is 0 Å². The van der Waals surface area contributed by atoms with Crippen molar-refractivity contribution in [2.45, 2.75) is 32.2 Å². The van der Waals surface area contributed by atoms with E-state index in [1.807, 2.05) is 23.1 Å². The van der Waals surface area contributed by atoms with Crippen molar-refractivity contribution < 1.29 is 9.53 Å². The van der Waals surface area contributed by atoms with Gasteiger partial charge in [0.15, 0.2) is 5.82 Å². The molecule has 0 bridgehead atoms. The highest BCUT2D eigenvalue weighted by Crippen LogP contribution is 2.34. The number of nitrogens with zero attached hydrogens (tertiary/aromatic N) is 3. The van der Waals surface area contributed by atoms with E-state index in [0.29, 0.717) is 18.3 Å². The molecule has 1 atom stereocenters. The Labute approximate surface area is 186 Å². The topological polar surface area (TPSA) is 80.2 Å². The number of aromatic nitrogens is 3. The van der Waals surface area contributed by atoms with Crippen LogP contribution in [-0.2, 0) is 17.8 Å². The quantitative estimate of drug-likeness (QED) is 0.675. The van der Waals surface area contributed by atoms with E-state index in [2.05, 4.69) is 34.5 Å². The maximum absolute atomic E-state index is 12.5. The van der Waals surface area contributed by atoms with Gasteiger partial charge in [0.1, 0.15) is 5.75 Å². The summed E-state index contributed by atoms with van der Waals surface area (Å²) in [6, 6.07) is 14.5. The minimum absolute atomic E-state index is 0.199. The maximum atomic E-state index is 12.5. The highest BCUT2D eigenvalue weighted by molar-refractivity contribution is 5.81. The second kappa shape index (κ2) is 7.65. The number of fused-ring (bicyclic) bond motifs is 1. The lowest BCUT2D eigenvalue weighted by Crippen LogP contribution is -2.31. The van der Waals surface area contributed by atoms with Crippen LogP contribution in [0.25, 0.3) is 22.5 Å². The largest absolute Gasteiger partial charge is 0.493 e. The molecule has 1 N–H and O–H groups in total. The normalized spacial score (nSPS) is 19.8. The number of nitrogens with one attached hydrogen (secondary N) is 1. The monoisotopic (exact) mass is 430 g/mol. The van der Waals surface area contributed by atoms with Gasteiger partial charge in [-0.1, -0.05) is 30.3 Å². The standard InChI is InChI=1S/C25H26N4O3/c30-24(19-5-6-19)28-11-9-16(14-28)15-29-23(26-27-25(29)31)18-3-1-17(2-4-18)20-7-8-22-21(13-20)10-12-32-22/h1-4,7-8,13,16,19H,5-6,9-12,14-15H2,(H,27,31)/t16-/m1/s1. The van der Waals surface area contributed by atoms with E-state index >= 15 is 0 Å². The zero-order chi connectivity index (χ0) is 21.7. The molecule has 7 nitrogen and oxygen atoms in total. The molecule has 0 spiro atoms. The highest BCUT2D eigenvalue weighted by Gasteiger charge is 2.36. The maximum Gasteiger partial charge on any atom is 0.343 e. The molecule has 6 rings (SSSR count). The van der Waals surface area contributed by atoms with Crippen molar-refractivity contribution in [3.8, 4) is 28.3 Å². The van der Waals surface area contributed by atoms with Crippen LogP contribution in [0.1, 0.15) is 24.8 Å². The minimum Gasteiger partial charge on any atom is -0.493 e. The van der Waals surface area contributed by atoms with Crippen molar-refractivity contribution in [3.05, 3.63) is 58.5 Å². The van der Waals surface area contributed by atoms with Crippen molar-refractivity contribution in [1.29, 1.82) is 0 Å². The van der Waals surface area contributed by atoms with Gasteiger partial charge in [0, 0.05) is 37.5 Å². The molecule has 1 aliphatic carbocycles.